The summed E-state index contributed by atoms with van der Waals surface area (Å²) in [6.07, 6.45) is 1.22. The number of hydrogen-bond acceptors (Lipinski definition) is 5. The van der Waals surface area contributed by atoms with Gasteiger partial charge in [-0.2, -0.15) is 0 Å². The van der Waals surface area contributed by atoms with Crippen LogP contribution in [0.2, 0.25) is 0 Å². The molecule has 5 nitrogen and oxygen atoms in total. The predicted octanol–water partition coefficient (Wildman–Crippen LogP) is 6.72. The number of carboxylic acid groups (broad SMARTS) is 1. The van der Waals surface area contributed by atoms with Crippen molar-refractivity contribution in [1.29, 1.82) is 0 Å². The lowest BCUT2D eigenvalue weighted by atomic mass is 9.74. The number of nitrogens with zero attached hydrogens (tertiary/aromatic N) is 2. The van der Waals surface area contributed by atoms with Crippen LogP contribution in [0.1, 0.15) is 43.0 Å². The topological polar surface area (TPSA) is 62.7 Å². The van der Waals surface area contributed by atoms with Crippen LogP contribution < -0.4 is 4.74 Å². The molecule has 1 aromatic heterocycles. The van der Waals surface area contributed by atoms with E-state index in [1.54, 1.807) is 31.3 Å². The highest BCUT2D eigenvalue weighted by Gasteiger charge is 2.41. The van der Waals surface area contributed by atoms with Crippen LogP contribution in [-0.4, -0.2) is 53.5 Å². The zero-order valence-corrected chi connectivity index (χ0v) is 22.1. The predicted molar refractivity (Wildman–Crippen MR) is 139 cm³/mol. The van der Waals surface area contributed by atoms with E-state index in [2.05, 4.69) is 4.98 Å². The summed E-state index contributed by atoms with van der Waals surface area (Å²) in [5.41, 5.74) is 0.809. The summed E-state index contributed by atoms with van der Waals surface area (Å²) in [6.45, 7) is 3.27. The van der Waals surface area contributed by atoms with Crippen molar-refractivity contribution in [2.75, 3.05) is 32.5 Å². The van der Waals surface area contributed by atoms with Crippen molar-refractivity contribution in [2.45, 2.75) is 43.7 Å². The first kappa shape index (κ1) is 28.2. The van der Waals surface area contributed by atoms with Crippen molar-refractivity contribution in [3.63, 3.8) is 0 Å². The van der Waals surface area contributed by atoms with Gasteiger partial charge in [0.25, 0.3) is 0 Å². The molecule has 0 radical (unpaired) electrons. The summed E-state index contributed by atoms with van der Waals surface area (Å²) in [7, 11) is 1.54. The van der Waals surface area contributed by atoms with Crippen LogP contribution in [-0.2, 0) is 4.79 Å². The molecule has 0 aliphatic carbocycles. The quantitative estimate of drug-likeness (QED) is 0.172. The summed E-state index contributed by atoms with van der Waals surface area (Å²) < 4.78 is 61.7. The van der Waals surface area contributed by atoms with Crippen molar-refractivity contribution in [1.82, 2.24) is 9.88 Å². The van der Waals surface area contributed by atoms with Crippen LogP contribution in [0, 0.1) is 29.8 Å². The molecule has 2 heterocycles. The number of likely N-dealkylation sites (tertiary alicyclic amines) is 1. The molecule has 1 atom stereocenters. The maximum atomic E-state index is 15.7. The fourth-order valence-electron chi connectivity index (χ4n) is 5.08. The molecule has 0 saturated carbocycles. The second-order valence-corrected chi connectivity index (χ2v) is 10.9. The van der Waals surface area contributed by atoms with Gasteiger partial charge in [0.05, 0.1) is 18.0 Å². The minimum Gasteiger partial charge on any atom is -0.497 e. The molecular formula is C28H30F4N2O3S. The highest BCUT2D eigenvalue weighted by molar-refractivity contribution is 7.99. The molecule has 1 N–H and O–H groups in total. The van der Waals surface area contributed by atoms with Gasteiger partial charge in [-0.05, 0) is 81.1 Å². The Morgan fingerprint density at radius 2 is 1.95 bits per heavy atom. The average molecular weight is 551 g/mol. The van der Waals surface area contributed by atoms with E-state index in [0.717, 1.165) is 17.8 Å². The highest BCUT2D eigenvalue weighted by atomic mass is 32.2. The Kier molecular flexibility index (Phi) is 8.82. The number of piperidine rings is 1. The van der Waals surface area contributed by atoms with Gasteiger partial charge in [-0.15, -0.1) is 11.8 Å². The largest absolute Gasteiger partial charge is 0.497 e. The minimum atomic E-state index is -1.36. The number of rotatable bonds is 10. The molecule has 3 aromatic rings. The molecular weight excluding hydrogens is 520 g/mol. The zero-order valence-electron chi connectivity index (χ0n) is 21.3. The molecule has 0 bridgehead atoms. The first-order chi connectivity index (χ1) is 18.1. The number of aryl methyl sites for hydroxylation is 1. The fourth-order valence-corrected chi connectivity index (χ4v) is 6.07. The maximum absolute atomic E-state index is 15.7. The third-order valence-electron chi connectivity index (χ3n) is 7.40. The van der Waals surface area contributed by atoms with Crippen molar-refractivity contribution >= 4 is 28.6 Å². The van der Waals surface area contributed by atoms with E-state index in [-0.39, 0.29) is 17.7 Å². The number of thioether (sulfide) groups is 1. The van der Waals surface area contributed by atoms with E-state index in [4.69, 9.17) is 4.74 Å². The van der Waals surface area contributed by atoms with Crippen molar-refractivity contribution in [3.8, 4) is 5.75 Å². The Bertz CT molecular complexity index is 1310. The third-order valence-corrected chi connectivity index (χ3v) is 8.39. The fraction of sp³-hybridized carbons (Fsp3) is 0.429. The van der Waals surface area contributed by atoms with Crippen molar-refractivity contribution < 1.29 is 32.2 Å². The van der Waals surface area contributed by atoms with E-state index < -0.39 is 35.0 Å². The number of methoxy groups -OCH3 is 1. The van der Waals surface area contributed by atoms with Gasteiger partial charge >= 0.3 is 5.97 Å². The molecule has 38 heavy (non-hydrogen) atoms. The number of carbonyl (C=O) groups is 1. The van der Waals surface area contributed by atoms with Crippen LogP contribution in [0.5, 0.6) is 5.75 Å². The molecule has 0 spiro atoms. The van der Waals surface area contributed by atoms with Gasteiger partial charge in [-0.3, -0.25) is 9.78 Å². The van der Waals surface area contributed by atoms with Gasteiger partial charge in [-0.1, -0.05) is 0 Å². The molecule has 0 amide bonds. The lowest BCUT2D eigenvalue weighted by Gasteiger charge is -2.39. The molecule has 1 saturated heterocycles. The summed E-state index contributed by atoms with van der Waals surface area (Å²) in [5.74, 6) is -3.08. The Hall–Kier alpha value is -2.85. The molecule has 10 heteroatoms. The standard InChI is InChI=1S/C28H30F4N2O3S/c1-17-16-33-23-4-3-19(37-2)15-20(23)25(17)21(30)5-6-28(27(35)36)7-9-34(10-8-28)11-12-38-24-14-18(29)13-22(31)26(24)32/h3-4,13-16,21H,5-12H2,1-2H3,(H,35,36)/t21-/m0/s1. The van der Waals surface area contributed by atoms with E-state index in [1.807, 2.05) is 4.90 Å². The highest BCUT2D eigenvalue weighted by Crippen LogP contribution is 2.41. The molecule has 1 fully saturated rings. The number of ether oxygens (including phenoxy) is 1. The van der Waals surface area contributed by atoms with Gasteiger partial charge < -0.3 is 14.7 Å². The van der Waals surface area contributed by atoms with E-state index in [0.29, 0.717) is 72.1 Å². The number of hydrogen-bond donors (Lipinski definition) is 1. The molecule has 4 rings (SSSR count). The molecule has 0 unspecified atom stereocenters. The number of aromatic nitrogens is 1. The maximum Gasteiger partial charge on any atom is 0.309 e. The number of alkyl halides is 1. The monoisotopic (exact) mass is 550 g/mol. The van der Waals surface area contributed by atoms with Gasteiger partial charge in [-0.25, -0.2) is 17.6 Å². The molecule has 204 valence electrons. The van der Waals surface area contributed by atoms with Crippen LogP contribution in [0.4, 0.5) is 17.6 Å². The van der Waals surface area contributed by atoms with E-state index >= 15 is 4.39 Å². The second kappa shape index (κ2) is 11.9. The summed E-state index contributed by atoms with van der Waals surface area (Å²) in [4.78, 5) is 18.6. The van der Waals surface area contributed by atoms with Crippen LogP contribution in [0.3, 0.4) is 0 Å². The Balaban J connectivity index is 1.37. The zero-order chi connectivity index (χ0) is 27.4. The van der Waals surface area contributed by atoms with Crippen LogP contribution in [0.15, 0.2) is 41.4 Å². The number of pyridine rings is 1. The van der Waals surface area contributed by atoms with Crippen LogP contribution in [0.25, 0.3) is 10.9 Å². The summed E-state index contributed by atoms with van der Waals surface area (Å²) in [5, 5.41) is 10.7. The minimum absolute atomic E-state index is 0.0593. The lowest BCUT2D eigenvalue weighted by Crippen LogP contribution is -2.45. The van der Waals surface area contributed by atoms with Gasteiger partial charge in [0.15, 0.2) is 11.6 Å². The van der Waals surface area contributed by atoms with E-state index in [1.165, 1.54) is 7.11 Å². The van der Waals surface area contributed by atoms with Gasteiger partial charge in [0.1, 0.15) is 17.7 Å². The molecule has 1 aliphatic heterocycles. The van der Waals surface area contributed by atoms with E-state index in [9.17, 15) is 23.1 Å². The Morgan fingerprint density at radius 3 is 2.63 bits per heavy atom. The van der Waals surface area contributed by atoms with Crippen molar-refractivity contribution in [2.24, 2.45) is 5.41 Å². The lowest BCUT2D eigenvalue weighted by molar-refractivity contribution is -0.153. The number of carboxylic acids is 1. The van der Waals surface area contributed by atoms with Gasteiger partial charge in [0.2, 0.25) is 0 Å². The average Bonchev–Trinajstić information content (AvgIpc) is 2.90. The Morgan fingerprint density at radius 1 is 1.21 bits per heavy atom. The SMILES string of the molecule is COc1ccc2ncc(C)c([C@@H](F)CCC3(C(=O)O)CCN(CCSc4cc(F)cc(F)c4F)CC3)c2c1. The van der Waals surface area contributed by atoms with Crippen molar-refractivity contribution in [3.05, 3.63) is 65.1 Å². The first-order valence-electron chi connectivity index (χ1n) is 12.4. The Labute approximate surface area is 223 Å². The molecule has 1 aliphatic rings. The smallest absolute Gasteiger partial charge is 0.309 e. The summed E-state index contributed by atoms with van der Waals surface area (Å²) >= 11 is 1.02. The second-order valence-electron chi connectivity index (χ2n) is 9.72. The third kappa shape index (κ3) is 6.07. The van der Waals surface area contributed by atoms with Crippen LogP contribution >= 0.6 is 11.8 Å². The summed E-state index contributed by atoms with van der Waals surface area (Å²) in [6, 6.07) is 6.76. The number of halogens is 4. The molecule has 2 aromatic carbocycles. The number of aliphatic carboxylic acids is 1. The normalized spacial score (nSPS) is 16.5. The number of benzene rings is 2. The number of fused-ring (bicyclic) bond motifs is 1. The first-order valence-corrected chi connectivity index (χ1v) is 13.4. The van der Waals surface area contributed by atoms with Gasteiger partial charge in [0, 0.05) is 34.8 Å².